The number of carbonyl (C=O) groups excluding carboxylic acids is 2. The number of anilines is 1. The molecule has 126 valence electrons. The molecule has 3 rings (SSSR count). The normalized spacial score (nSPS) is 15.0. The Morgan fingerprint density at radius 1 is 1.29 bits per heavy atom. The average molecular weight is 349 g/mol. The Hall–Kier alpha value is -2.31. The molecule has 24 heavy (non-hydrogen) atoms. The highest BCUT2D eigenvalue weighted by Crippen LogP contribution is 2.22. The van der Waals surface area contributed by atoms with Gasteiger partial charge in [-0.25, -0.2) is 0 Å². The maximum atomic E-state index is 12.5. The SMILES string of the molecule is COCc1ccc(C(=O)N2CCN(c3cccc(Cl)c3)C(=O)C2)o1. The largest absolute Gasteiger partial charge is 0.453 e. The van der Waals surface area contributed by atoms with Gasteiger partial charge in [0.25, 0.3) is 5.91 Å². The molecule has 2 amide bonds. The number of piperazine rings is 1. The summed E-state index contributed by atoms with van der Waals surface area (Å²) >= 11 is 5.97. The lowest BCUT2D eigenvalue weighted by Crippen LogP contribution is -2.52. The second-order valence-corrected chi connectivity index (χ2v) is 5.89. The van der Waals surface area contributed by atoms with Crippen molar-refractivity contribution in [2.24, 2.45) is 0 Å². The van der Waals surface area contributed by atoms with Crippen molar-refractivity contribution in [3.63, 3.8) is 0 Å². The van der Waals surface area contributed by atoms with Crippen molar-refractivity contribution in [2.45, 2.75) is 6.61 Å². The fourth-order valence-electron chi connectivity index (χ4n) is 2.63. The molecule has 1 aliphatic heterocycles. The fourth-order valence-corrected chi connectivity index (χ4v) is 2.82. The minimum absolute atomic E-state index is 0.00561. The number of carbonyl (C=O) groups is 2. The van der Waals surface area contributed by atoms with Crippen LogP contribution < -0.4 is 4.90 Å². The van der Waals surface area contributed by atoms with Gasteiger partial charge < -0.3 is 19.0 Å². The van der Waals surface area contributed by atoms with E-state index in [2.05, 4.69) is 0 Å². The standard InChI is InChI=1S/C17H17ClN2O4/c1-23-11-14-5-6-15(24-14)17(22)19-7-8-20(16(21)10-19)13-4-2-3-12(18)9-13/h2-6,9H,7-8,10-11H2,1H3. The molecule has 0 saturated carbocycles. The van der Waals surface area contributed by atoms with Gasteiger partial charge in [0.05, 0.1) is 0 Å². The quantitative estimate of drug-likeness (QED) is 0.852. The molecular weight excluding hydrogens is 332 g/mol. The summed E-state index contributed by atoms with van der Waals surface area (Å²) in [4.78, 5) is 28.0. The molecule has 2 heterocycles. The first-order valence-electron chi connectivity index (χ1n) is 7.51. The van der Waals surface area contributed by atoms with Crippen LogP contribution in [0.1, 0.15) is 16.3 Å². The molecule has 0 bridgehead atoms. The van der Waals surface area contributed by atoms with Crippen LogP contribution >= 0.6 is 11.6 Å². The van der Waals surface area contributed by atoms with Crippen molar-refractivity contribution in [1.82, 2.24) is 4.90 Å². The summed E-state index contributed by atoms with van der Waals surface area (Å²) in [5, 5.41) is 0.570. The highest BCUT2D eigenvalue weighted by atomic mass is 35.5. The van der Waals surface area contributed by atoms with Crippen LogP contribution in [0.2, 0.25) is 5.02 Å². The van der Waals surface area contributed by atoms with Crippen LogP contribution in [0.5, 0.6) is 0 Å². The maximum absolute atomic E-state index is 12.5. The second-order valence-electron chi connectivity index (χ2n) is 5.45. The van der Waals surface area contributed by atoms with Crippen LogP contribution in [-0.2, 0) is 16.1 Å². The fraction of sp³-hybridized carbons (Fsp3) is 0.294. The van der Waals surface area contributed by atoms with Gasteiger partial charge in [0.2, 0.25) is 5.91 Å². The first-order chi connectivity index (χ1) is 11.6. The zero-order valence-corrected chi connectivity index (χ0v) is 14.0. The van der Waals surface area contributed by atoms with E-state index in [4.69, 9.17) is 20.8 Å². The first-order valence-corrected chi connectivity index (χ1v) is 7.89. The molecule has 6 nitrogen and oxygen atoms in total. The summed E-state index contributed by atoms with van der Waals surface area (Å²) in [6, 6.07) is 10.4. The lowest BCUT2D eigenvalue weighted by Gasteiger charge is -2.34. The molecule has 2 aromatic rings. The van der Waals surface area contributed by atoms with Crippen LogP contribution in [0.3, 0.4) is 0 Å². The minimum Gasteiger partial charge on any atom is -0.453 e. The van der Waals surface area contributed by atoms with Crippen molar-refractivity contribution >= 4 is 29.1 Å². The van der Waals surface area contributed by atoms with Crippen molar-refractivity contribution < 1.29 is 18.7 Å². The Morgan fingerprint density at radius 2 is 2.12 bits per heavy atom. The average Bonchev–Trinajstić information content (AvgIpc) is 3.03. The van der Waals surface area contributed by atoms with Crippen molar-refractivity contribution in [2.75, 3.05) is 31.6 Å². The van der Waals surface area contributed by atoms with E-state index in [0.717, 1.165) is 5.69 Å². The minimum atomic E-state index is -0.295. The van der Waals surface area contributed by atoms with Crippen molar-refractivity contribution in [1.29, 1.82) is 0 Å². The molecule has 0 radical (unpaired) electrons. The van der Waals surface area contributed by atoms with E-state index in [1.165, 1.54) is 4.90 Å². The third-order valence-electron chi connectivity index (χ3n) is 3.79. The number of hydrogen-bond donors (Lipinski definition) is 0. The summed E-state index contributed by atoms with van der Waals surface area (Å²) in [6.45, 7) is 1.15. The van der Waals surface area contributed by atoms with Crippen LogP contribution in [-0.4, -0.2) is 43.5 Å². The zero-order chi connectivity index (χ0) is 17.1. The van der Waals surface area contributed by atoms with E-state index in [1.807, 2.05) is 6.07 Å². The summed E-state index contributed by atoms with van der Waals surface area (Å²) < 4.78 is 10.4. The van der Waals surface area contributed by atoms with Crippen LogP contribution in [0.25, 0.3) is 0 Å². The first kappa shape index (κ1) is 16.5. The third-order valence-corrected chi connectivity index (χ3v) is 4.02. The topological polar surface area (TPSA) is 63.0 Å². The van der Waals surface area contributed by atoms with Gasteiger partial charge in [-0.15, -0.1) is 0 Å². The van der Waals surface area contributed by atoms with E-state index >= 15 is 0 Å². The Labute approximate surface area is 144 Å². The van der Waals surface area contributed by atoms with E-state index in [0.29, 0.717) is 30.5 Å². The lowest BCUT2D eigenvalue weighted by atomic mass is 10.2. The maximum Gasteiger partial charge on any atom is 0.290 e. The smallest absolute Gasteiger partial charge is 0.290 e. The van der Waals surface area contributed by atoms with Crippen LogP contribution in [0, 0.1) is 0 Å². The summed E-state index contributed by atoms with van der Waals surface area (Å²) in [5.41, 5.74) is 0.736. The van der Waals surface area contributed by atoms with Gasteiger partial charge in [-0.1, -0.05) is 17.7 Å². The molecule has 0 atom stereocenters. The number of methoxy groups -OCH3 is 1. The van der Waals surface area contributed by atoms with E-state index in [9.17, 15) is 9.59 Å². The highest BCUT2D eigenvalue weighted by Gasteiger charge is 2.30. The highest BCUT2D eigenvalue weighted by molar-refractivity contribution is 6.30. The summed E-state index contributed by atoms with van der Waals surface area (Å²) in [7, 11) is 1.55. The zero-order valence-electron chi connectivity index (χ0n) is 13.2. The van der Waals surface area contributed by atoms with Crippen LogP contribution in [0.4, 0.5) is 5.69 Å². The monoisotopic (exact) mass is 348 g/mol. The second kappa shape index (κ2) is 7.07. The predicted molar refractivity (Wildman–Crippen MR) is 89.1 cm³/mol. The molecule has 0 unspecified atom stereocenters. The Balaban J connectivity index is 1.68. The number of rotatable bonds is 4. The molecule has 1 saturated heterocycles. The van der Waals surface area contributed by atoms with Crippen molar-refractivity contribution in [3.05, 3.63) is 52.9 Å². The third kappa shape index (κ3) is 3.44. The number of nitrogens with zero attached hydrogens (tertiary/aromatic N) is 2. The molecule has 0 aliphatic carbocycles. The summed E-state index contributed by atoms with van der Waals surface area (Å²) in [6.07, 6.45) is 0. The lowest BCUT2D eigenvalue weighted by molar-refractivity contribution is -0.120. The molecule has 1 fully saturated rings. The predicted octanol–water partition coefficient (Wildman–Crippen LogP) is 2.57. The van der Waals surface area contributed by atoms with Crippen LogP contribution in [0.15, 0.2) is 40.8 Å². The van der Waals surface area contributed by atoms with Gasteiger partial charge in [-0.2, -0.15) is 0 Å². The molecule has 7 heteroatoms. The molecule has 0 N–H and O–H groups in total. The number of furan rings is 1. The van der Waals surface area contributed by atoms with E-state index in [1.54, 1.807) is 42.3 Å². The van der Waals surface area contributed by atoms with E-state index in [-0.39, 0.29) is 24.1 Å². The van der Waals surface area contributed by atoms with Gasteiger partial charge >= 0.3 is 0 Å². The molecule has 1 aromatic heterocycles. The molecule has 0 spiro atoms. The van der Waals surface area contributed by atoms with Gasteiger partial charge in [0, 0.05) is 30.9 Å². The number of ether oxygens (including phenoxy) is 1. The number of benzene rings is 1. The molecule has 1 aromatic carbocycles. The van der Waals surface area contributed by atoms with Gasteiger partial charge in [0.1, 0.15) is 18.9 Å². The number of halogens is 1. The summed E-state index contributed by atoms with van der Waals surface area (Å²) in [5.74, 6) is 0.341. The van der Waals surface area contributed by atoms with E-state index < -0.39 is 0 Å². The van der Waals surface area contributed by atoms with Crippen molar-refractivity contribution in [3.8, 4) is 0 Å². The number of amides is 2. The number of hydrogen-bond acceptors (Lipinski definition) is 4. The Morgan fingerprint density at radius 3 is 2.83 bits per heavy atom. The van der Waals surface area contributed by atoms with Gasteiger partial charge in [0.15, 0.2) is 5.76 Å². The molecular formula is C17H17ClN2O4. The van der Waals surface area contributed by atoms with Gasteiger partial charge in [-0.3, -0.25) is 9.59 Å². The Bertz CT molecular complexity index is 759. The molecule has 1 aliphatic rings. The van der Waals surface area contributed by atoms with Gasteiger partial charge in [-0.05, 0) is 30.3 Å². The Kier molecular flexibility index (Phi) is 4.87.